The van der Waals surface area contributed by atoms with Crippen molar-refractivity contribution in [1.82, 2.24) is 10.2 Å². The molecule has 0 saturated heterocycles. The Morgan fingerprint density at radius 3 is 2.31 bits per heavy atom. The smallest absolute Gasteiger partial charge is 0.249 e. The Bertz CT molecular complexity index is 1280. The van der Waals surface area contributed by atoms with Gasteiger partial charge in [-0.25, -0.2) is 4.39 Å². The summed E-state index contributed by atoms with van der Waals surface area (Å²) in [6.07, 6.45) is 0. The van der Waals surface area contributed by atoms with E-state index in [1.807, 2.05) is 36.4 Å². The van der Waals surface area contributed by atoms with E-state index in [-0.39, 0.29) is 5.56 Å². The van der Waals surface area contributed by atoms with Crippen LogP contribution in [0.15, 0.2) is 84.9 Å². The first-order valence-electron chi connectivity index (χ1n) is 9.81. The molecule has 1 atom stereocenters. The quantitative estimate of drug-likeness (QED) is 0.464. The highest BCUT2D eigenvalue weighted by Crippen LogP contribution is 2.34. The van der Waals surface area contributed by atoms with Gasteiger partial charge in [-0.3, -0.25) is 4.79 Å². The Kier molecular flexibility index (Phi) is 5.86. The standard InChI is InChI=1S/C25H18FN5O/c26-18-11-9-16(10-12-18)20(15-27)24-19(25(28)32)7-4-8-22(24)29-23-14-13-21(30-31-23)17-5-2-1-3-6-17/h1-14,20H,(H2,28,32)(H,29,31). The third kappa shape index (κ3) is 4.30. The summed E-state index contributed by atoms with van der Waals surface area (Å²) < 4.78 is 13.4. The van der Waals surface area contributed by atoms with Crippen molar-refractivity contribution in [2.75, 3.05) is 5.32 Å². The van der Waals surface area contributed by atoms with Crippen molar-refractivity contribution in [3.63, 3.8) is 0 Å². The van der Waals surface area contributed by atoms with E-state index in [9.17, 15) is 14.4 Å². The predicted octanol–water partition coefficient (Wildman–Crippen LogP) is 4.78. The molecule has 0 aliphatic carbocycles. The molecule has 4 rings (SSSR count). The summed E-state index contributed by atoms with van der Waals surface area (Å²) >= 11 is 0. The maximum atomic E-state index is 13.4. The number of aromatic nitrogens is 2. The van der Waals surface area contributed by atoms with Gasteiger partial charge in [0.1, 0.15) is 5.82 Å². The largest absolute Gasteiger partial charge is 0.366 e. The van der Waals surface area contributed by atoms with Crippen molar-refractivity contribution >= 4 is 17.4 Å². The topological polar surface area (TPSA) is 105 Å². The van der Waals surface area contributed by atoms with Crippen LogP contribution in [0, 0.1) is 17.1 Å². The zero-order valence-corrected chi connectivity index (χ0v) is 16.9. The second kappa shape index (κ2) is 9.06. The first kappa shape index (κ1) is 20.7. The monoisotopic (exact) mass is 423 g/mol. The van der Waals surface area contributed by atoms with Crippen LogP contribution in [-0.2, 0) is 0 Å². The molecule has 0 spiro atoms. The highest BCUT2D eigenvalue weighted by atomic mass is 19.1. The molecule has 4 aromatic rings. The number of hydrogen-bond acceptors (Lipinski definition) is 5. The van der Waals surface area contributed by atoms with Crippen LogP contribution < -0.4 is 11.1 Å². The second-order valence-electron chi connectivity index (χ2n) is 7.04. The highest BCUT2D eigenvalue weighted by Gasteiger charge is 2.23. The number of carbonyl (C=O) groups excluding carboxylic acids is 1. The number of hydrogen-bond donors (Lipinski definition) is 2. The Labute approximate surface area is 184 Å². The fourth-order valence-electron chi connectivity index (χ4n) is 3.46. The summed E-state index contributed by atoms with van der Waals surface area (Å²) in [5, 5.41) is 21.5. The minimum Gasteiger partial charge on any atom is -0.366 e. The van der Waals surface area contributed by atoms with Crippen LogP contribution in [0.2, 0.25) is 0 Å². The number of nitriles is 1. The van der Waals surface area contributed by atoms with Crippen molar-refractivity contribution < 1.29 is 9.18 Å². The van der Waals surface area contributed by atoms with Gasteiger partial charge in [0.25, 0.3) is 0 Å². The molecule has 7 heteroatoms. The van der Waals surface area contributed by atoms with Gasteiger partial charge >= 0.3 is 0 Å². The van der Waals surface area contributed by atoms with Crippen molar-refractivity contribution in [2.45, 2.75) is 5.92 Å². The van der Waals surface area contributed by atoms with E-state index in [2.05, 4.69) is 21.6 Å². The number of amides is 1. The van der Waals surface area contributed by atoms with Crippen molar-refractivity contribution in [2.24, 2.45) is 5.73 Å². The van der Waals surface area contributed by atoms with E-state index in [0.29, 0.717) is 28.3 Å². The van der Waals surface area contributed by atoms with Gasteiger partial charge in [0.15, 0.2) is 5.82 Å². The van der Waals surface area contributed by atoms with E-state index in [1.165, 1.54) is 24.3 Å². The molecule has 0 saturated carbocycles. The number of nitrogens with zero attached hydrogens (tertiary/aromatic N) is 3. The highest BCUT2D eigenvalue weighted by molar-refractivity contribution is 5.97. The van der Waals surface area contributed by atoms with Gasteiger partial charge in [-0.15, -0.1) is 10.2 Å². The summed E-state index contributed by atoms with van der Waals surface area (Å²) in [4.78, 5) is 12.1. The Hall–Kier alpha value is -4.57. The molecule has 0 radical (unpaired) electrons. The maximum Gasteiger partial charge on any atom is 0.249 e. The van der Waals surface area contributed by atoms with Gasteiger partial charge < -0.3 is 11.1 Å². The molecule has 6 nitrogen and oxygen atoms in total. The average molecular weight is 423 g/mol. The molecule has 1 amide bonds. The van der Waals surface area contributed by atoms with Crippen molar-refractivity contribution in [1.29, 1.82) is 5.26 Å². The molecule has 0 bridgehead atoms. The number of anilines is 2. The summed E-state index contributed by atoms with van der Waals surface area (Å²) in [7, 11) is 0. The Morgan fingerprint density at radius 1 is 0.938 bits per heavy atom. The number of benzene rings is 3. The van der Waals surface area contributed by atoms with Crippen LogP contribution >= 0.6 is 0 Å². The number of nitrogens with two attached hydrogens (primary N) is 1. The molecule has 156 valence electrons. The van der Waals surface area contributed by atoms with Crippen LogP contribution in [0.3, 0.4) is 0 Å². The van der Waals surface area contributed by atoms with Crippen LogP contribution in [0.25, 0.3) is 11.3 Å². The normalized spacial score (nSPS) is 11.4. The molecule has 0 fully saturated rings. The van der Waals surface area contributed by atoms with E-state index in [4.69, 9.17) is 5.73 Å². The average Bonchev–Trinajstić information content (AvgIpc) is 2.82. The number of halogens is 1. The molecule has 1 aromatic heterocycles. The number of rotatable bonds is 6. The Balaban J connectivity index is 1.73. The third-order valence-electron chi connectivity index (χ3n) is 4.99. The predicted molar refractivity (Wildman–Crippen MR) is 120 cm³/mol. The molecular weight excluding hydrogens is 405 g/mol. The number of carbonyl (C=O) groups is 1. The lowest BCUT2D eigenvalue weighted by Gasteiger charge is -2.19. The number of nitrogens with one attached hydrogen (secondary N) is 1. The molecule has 0 aliphatic heterocycles. The molecule has 1 heterocycles. The SMILES string of the molecule is N#CC(c1ccc(F)cc1)c1c(Nc2ccc(-c3ccccc3)nn2)cccc1C(N)=O. The first-order valence-corrected chi connectivity index (χ1v) is 9.81. The lowest BCUT2D eigenvalue weighted by molar-refractivity contribution is 0.0999. The summed E-state index contributed by atoms with van der Waals surface area (Å²) in [5.74, 6) is -1.50. The van der Waals surface area contributed by atoms with Gasteiger partial charge in [-0.1, -0.05) is 48.5 Å². The van der Waals surface area contributed by atoms with Crippen molar-refractivity contribution in [3.8, 4) is 17.3 Å². The lowest BCUT2D eigenvalue weighted by Crippen LogP contribution is -2.17. The third-order valence-corrected chi connectivity index (χ3v) is 4.99. The number of primary amides is 1. The summed E-state index contributed by atoms with van der Waals surface area (Å²) in [5.41, 5.74) is 8.85. The second-order valence-corrected chi connectivity index (χ2v) is 7.04. The van der Waals surface area contributed by atoms with Crippen LogP contribution in [0.5, 0.6) is 0 Å². The van der Waals surface area contributed by atoms with E-state index < -0.39 is 17.6 Å². The van der Waals surface area contributed by atoms with Crippen molar-refractivity contribution in [3.05, 3.63) is 107 Å². The zero-order valence-electron chi connectivity index (χ0n) is 16.9. The van der Waals surface area contributed by atoms with Gasteiger partial charge in [-0.05, 0) is 42.0 Å². The van der Waals surface area contributed by atoms with Crippen LogP contribution in [0.4, 0.5) is 15.9 Å². The van der Waals surface area contributed by atoms with Crippen LogP contribution in [0.1, 0.15) is 27.4 Å². The lowest BCUT2D eigenvalue weighted by atomic mass is 9.87. The summed E-state index contributed by atoms with van der Waals surface area (Å²) in [6.45, 7) is 0. The zero-order chi connectivity index (χ0) is 22.5. The molecule has 1 unspecified atom stereocenters. The van der Waals surface area contributed by atoms with E-state index >= 15 is 0 Å². The molecule has 32 heavy (non-hydrogen) atoms. The van der Waals surface area contributed by atoms with Gasteiger partial charge in [-0.2, -0.15) is 5.26 Å². The van der Waals surface area contributed by atoms with E-state index in [1.54, 1.807) is 24.3 Å². The summed E-state index contributed by atoms with van der Waals surface area (Å²) in [6, 6.07) is 25.9. The van der Waals surface area contributed by atoms with Crippen LogP contribution in [-0.4, -0.2) is 16.1 Å². The van der Waals surface area contributed by atoms with E-state index in [0.717, 1.165) is 5.56 Å². The Morgan fingerprint density at radius 2 is 1.69 bits per heavy atom. The van der Waals surface area contributed by atoms with Gasteiger partial charge in [0, 0.05) is 22.4 Å². The minimum atomic E-state index is -0.849. The minimum absolute atomic E-state index is 0.194. The molecule has 3 aromatic carbocycles. The van der Waals surface area contributed by atoms with Gasteiger partial charge in [0.05, 0.1) is 17.7 Å². The fraction of sp³-hybridized carbons (Fsp3) is 0.0400. The maximum absolute atomic E-state index is 13.4. The molecule has 0 aliphatic rings. The molecule has 3 N–H and O–H groups in total. The van der Waals surface area contributed by atoms with Gasteiger partial charge in [0.2, 0.25) is 5.91 Å². The fourth-order valence-corrected chi connectivity index (χ4v) is 3.46. The molecular formula is C25H18FN5O. The first-order chi connectivity index (χ1) is 15.6.